The van der Waals surface area contributed by atoms with E-state index in [2.05, 4.69) is 15.9 Å². The molecule has 0 unspecified atom stereocenters. The minimum atomic E-state index is -4.60. The number of carbonyl (C=O) groups excluding carboxylic acids is 1. The van der Waals surface area contributed by atoms with Gasteiger partial charge in [0.05, 0.1) is 17.7 Å². The van der Waals surface area contributed by atoms with Crippen LogP contribution in [0.3, 0.4) is 0 Å². The Morgan fingerprint density at radius 3 is 2.53 bits per heavy atom. The topological polar surface area (TPSA) is 40.5 Å². The molecule has 0 aliphatic heterocycles. The third-order valence-corrected chi connectivity index (χ3v) is 3.05. The Balaban J connectivity index is 3.22. The number of alkyl halides is 3. The molecule has 0 saturated carbocycles. The Hall–Kier alpha value is -1.08. The third kappa shape index (κ3) is 3.94. The molecule has 0 saturated heterocycles. The molecule has 3 nitrogen and oxygen atoms in total. The van der Waals surface area contributed by atoms with Gasteiger partial charge < -0.3 is 10.0 Å². The molecule has 0 heterocycles. The minimum absolute atomic E-state index is 0.00267. The number of halogens is 4. The lowest BCUT2D eigenvalue weighted by molar-refractivity contribution is -0.138. The standard InChI is InChI=1S/C12H13BrF3NO2/c1-2-17(5-6-18)11(19)9-4-3-8(13)7-10(9)12(14,15)16/h3-4,7,18H,2,5-6H2,1H3. The Morgan fingerprint density at radius 1 is 1.42 bits per heavy atom. The number of likely N-dealkylation sites (N-methyl/N-ethyl adjacent to an activating group) is 1. The van der Waals surface area contributed by atoms with Crippen LogP contribution in [0.1, 0.15) is 22.8 Å². The highest BCUT2D eigenvalue weighted by Gasteiger charge is 2.36. The van der Waals surface area contributed by atoms with E-state index in [1.165, 1.54) is 11.0 Å². The van der Waals surface area contributed by atoms with Crippen LogP contribution in [0.2, 0.25) is 0 Å². The van der Waals surface area contributed by atoms with E-state index in [1.807, 2.05) is 0 Å². The first-order chi connectivity index (χ1) is 8.81. The van der Waals surface area contributed by atoms with Gasteiger partial charge in [-0.05, 0) is 25.1 Å². The highest BCUT2D eigenvalue weighted by molar-refractivity contribution is 9.10. The zero-order valence-corrected chi connectivity index (χ0v) is 11.8. The zero-order valence-electron chi connectivity index (χ0n) is 10.2. The number of carbonyl (C=O) groups is 1. The van der Waals surface area contributed by atoms with Crippen LogP contribution in [0.5, 0.6) is 0 Å². The minimum Gasteiger partial charge on any atom is -0.395 e. The molecular formula is C12H13BrF3NO2. The van der Waals surface area contributed by atoms with E-state index in [1.54, 1.807) is 6.92 Å². The van der Waals surface area contributed by atoms with Crippen molar-refractivity contribution in [3.05, 3.63) is 33.8 Å². The van der Waals surface area contributed by atoms with Gasteiger partial charge in [0, 0.05) is 17.6 Å². The van der Waals surface area contributed by atoms with Gasteiger partial charge in [0.2, 0.25) is 0 Å². The number of aliphatic hydroxyl groups is 1. The summed E-state index contributed by atoms with van der Waals surface area (Å²) in [7, 11) is 0. The fourth-order valence-corrected chi connectivity index (χ4v) is 1.99. The van der Waals surface area contributed by atoms with Crippen LogP contribution in [0.25, 0.3) is 0 Å². The molecule has 7 heteroatoms. The molecule has 1 rings (SSSR count). The Morgan fingerprint density at radius 2 is 2.05 bits per heavy atom. The van der Waals surface area contributed by atoms with Gasteiger partial charge in [-0.3, -0.25) is 4.79 Å². The van der Waals surface area contributed by atoms with Gasteiger partial charge in [0.25, 0.3) is 5.91 Å². The summed E-state index contributed by atoms with van der Waals surface area (Å²) in [5.74, 6) is -0.739. The second kappa shape index (κ2) is 6.38. The Labute approximate surface area is 117 Å². The van der Waals surface area contributed by atoms with Gasteiger partial charge in [-0.25, -0.2) is 0 Å². The molecule has 0 radical (unpaired) electrons. The molecule has 0 aromatic heterocycles. The largest absolute Gasteiger partial charge is 0.417 e. The summed E-state index contributed by atoms with van der Waals surface area (Å²) in [6.07, 6.45) is -4.60. The lowest BCUT2D eigenvalue weighted by Gasteiger charge is -2.22. The highest BCUT2D eigenvalue weighted by atomic mass is 79.9. The number of benzene rings is 1. The first kappa shape index (κ1) is 16.0. The fourth-order valence-electron chi connectivity index (χ4n) is 1.63. The van der Waals surface area contributed by atoms with Crippen molar-refractivity contribution in [2.75, 3.05) is 19.7 Å². The monoisotopic (exact) mass is 339 g/mol. The molecule has 106 valence electrons. The number of hydrogen-bond donors (Lipinski definition) is 1. The van der Waals surface area contributed by atoms with Crippen molar-refractivity contribution in [2.45, 2.75) is 13.1 Å². The maximum atomic E-state index is 12.9. The molecule has 0 atom stereocenters. The van der Waals surface area contributed by atoms with Crippen LogP contribution in [0.15, 0.2) is 22.7 Å². The van der Waals surface area contributed by atoms with Crippen molar-refractivity contribution in [1.29, 1.82) is 0 Å². The lowest BCUT2D eigenvalue weighted by atomic mass is 10.1. The van der Waals surface area contributed by atoms with Crippen LogP contribution in [-0.2, 0) is 6.18 Å². The molecule has 1 N–H and O–H groups in total. The van der Waals surface area contributed by atoms with Crippen LogP contribution >= 0.6 is 15.9 Å². The molecule has 1 aromatic rings. The number of nitrogens with zero attached hydrogens (tertiary/aromatic N) is 1. The lowest BCUT2D eigenvalue weighted by Crippen LogP contribution is -2.34. The smallest absolute Gasteiger partial charge is 0.395 e. The second-order valence-electron chi connectivity index (χ2n) is 3.80. The summed E-state index contributed by atoms with van der Waals surface area (Å²) in [5.41, 5.74) is -1.39. The number of aliphatic hydroxyl groups excluding tert-OH is 1. The molecular weight excluding hydrogens is 327 g/mol. The van der Waals surface area contributed by atoms with Crippen LogP contribution in [-0.4, -0.2) is 35.6 Å². The highest BCUT2D eigenvalue weighted by Crippen LogP contribution is 2.34. The molecule has 0 fully saturated rings. The predicted octanol–water partition coefficient (Wildman–Crippen LogP) is 2.92. The number of rotatable bonds is 4. The number of hydrogen-bond acceptors (Lipinski definition) is 2. The summed E-state index contributed by atoms with van der Waals surface area (Å²) < 4.78 is 39.0. The molecule has 0 aliphatic carbocycles. The van der Waals surface area contributed by atoms with Crippen molar-refractivity contribution < 1.29 is 23.1 Å². The number of amides is 1. The molecule has 1 aromatic carbocycles. The summed E-state index contributed by atoms with van der Waals surface area (Å²) in [6, 6.07) is 3.39. The van der Waals surface area contributed by atoms with Crippen LogP contribution in [0, 0.1) is 0 Å². The maximum absolute atomic E-state index is 12.9. The van der Waals surface area contributed by atoms with Crippen molar-refractivity contribution >= 4 is 21.8 Å². The summed E-state index contributed by atoms with van der Waals surface area (Å²) in [6.45, 7) is 1.58. The van der Waals surface area contributed by atoms with E-state index in [-0.39, 0.29) is 24.2 Å². The normalized spacial score (nSPS) is 11.5. The first-order valence-corrected chi connectivity index (χ1v) is 6.37. The van der Waals surface area contributed by atoms with Crippen molar-refractivity contribution in [1.82, 2.24) is 4.90 Å². The van der Waals surface area contributed by atoms with E-state index in [9.17, 15) is 18.0 Å². The van der Waals surface area contributed by atoms with Gasteiger partial charge >= 0.3 is 6.18 Å². The average Bonchev–Trinajstić information content (AvgIpc) is 2.34. The van der Waals surface area contributed by atoms with E-state index in [0.717, 1.165) is 12.1 Å². The quantitative estimate of drug-likeness (QED) is 0.916. The molecule has 1 amide bonds. The van der Waals surface area contributed by atoms with Crippen molar-refractivity contribution in [3.63, 3.8) is 0 Å². The zero-order chi connectivity index (χ0) is 14.6. The average molecular weight is 340 g/mol. The predicted molar refractivity (Wildman–Crippen MR) is 67.8 cm³/mol. The van der Waals surface area contributed by atoms with E-state index >= 15 is 0 Å². The van der Waals surface area contributed by atoms with Crippen LogP contribution < -0.4 is 0 Å². The van der Waals surface area contributed by atoms with Gasteiger partial charge in [-0.1, -0.05) is 15.9 Å². The Kier molecular flexibility index (Phi) is 5.37. The first-order valence-electron chi connectivity index (χ1n) is 5.58. The molecule has 0 spiro atoms. The maximum Gasteiger partial charge on any atom is 0.417 e. The molecule has 0 aliphatic rings. The van der Waals surface area contributed by atoms with Crippen molar-refractivity contribution in [3.8, 4) is 0 Å². The second-order valence-corrected chi connectivity index (χ2v) is 4.71. The summed E-state index contributed by atoms with van der Waals surface area (Å²) >= 11 is 2.96. The van der Waals surface area contributed by atoms with Crippen molar-refractivity contribution in [2.24, 2.45) is 0 Å². The van der Waals surface area contributed by atoms with Gasteiger partial charge in [-0.15, -0.1) is 0 Å². The van der Waals surface area contributed by atoms with E-state index < -0.39 is 23.2 Å². The van der Waals surface area contributed by atoms with Gasteiger partial charge in [0.1, 0.15) is 0 Å². The third-order valence-electron chi connectivity index (χ3n) is 2.56. The SMILES string of the molecule is CCN(CCO)C(=O)c1ccc(Br)cc1C(F)(F)F. The van der Waals surface area contributed by atoms with Crippen LogP contribution in [0.4, 0.5) is 13.2 Å². The Bertz CT molecular complexity index is 463. The fraction of sp³-hybridized carbons (Fsp3) is 0.417. The molecule has 0 bridgehead atoms. The molecule has 19 heavy (non-hydrogen) atoms. The van der Waals surface area contributed by atoms with Gasteiger partial charge in [-0.2, -0.15) is 13.2 Å². The van der Waals surface area contributed by atoms with E-state index in [0.29, 0.717) is 0 Å². The summed E-state index contributed by atoms with van der Waals surface area (Å²) in [4.78, 5) is 13.2. The summed E-state index contributed by atoms with van der Waals surface area (Å²) in [5, 5.41) is 8.81. The van der Waals surface area contributed by atoms with Gasteiger partial charge in [0.15, 0.2) is 0 Å². The van der Waals surface area contributed by atoms with E-state index in [4.69, 9.17) is 5.11 Å².